The Morgan fingerprint density at radius 2 is 2.00 bits per heavy atom. The Morgan fingerprint density at radius 1 is 1.44 bits per heavy atom. The molecular formula is C10H13ClN2O3. The summed E-state index contributed by atoms with van der Waals surface area (Å²) >= 11 is 5.57. The van der Waals surface area contributed by atoms with Gasteiger partial charge in [-0.1, -0.05) is 32.4 Å². The number of hydrogen-bond acceptors (Lipinski definition) is 3. The van der Waals surface area contributed by atoms with Crippen LogP contribution >= 0.6 is 11.6 Å². The average molecular weight is 245 g/mol. The molecule has 1 aromatic heterocycles. The van der Waals surface area contributed by atoms with Crippen molar-refractivity contribution >= 4 is 17.4 Å². The topological polar surface area (TPSA) is 71.9 Å². The van der Waals surface area contributed by atoms with Crippen molar-refractivity contribution in [1.82, 2.24) is 9.55 Å². The van der Waals surface area contributed by atoms with Gasteiger partial charge in [-0.05, 0) is 0 Å². The fraction of sp³-hybridized carbons (Fsp3) is 0.500. The van der Waals surface area contributed by atoms with Crippen molar-refractivity contribution in [3.05, 3.63) is 32.1 Å². The number of nitrogens with one attached hydrogen (secondary N) is 1. The molecule has 1 N–H and O–H groups in total. The summed E-state index contributed by atoms with van der Waals surface area (Å²) in [5.41, 5.74) is -1.82. The van der Waals surface area contributed by atoms with E-state index in [2.05, 4.69) is 0 Å². The van der Waals surface area contributed by atoms with Crippen LogP contribution in [0.3, 0.4) is 0 Å². The molecular weight excluding hydrogens is 232 g/mol. The molecule has 5 nitrogen and oxygen atoms in total. The summed E-state index contributed by atoms with van der Waals surface area (Å²) in [6.45, 7) is 5.17. The summed E-state index contributed by atoms with van der Waals surface area (Å²) in [4.78, 5) is 36.1. The molecule has 0 amide bonds. The summed E-state index contributed by atoms with van der Waals surface area (Å²) in [5.74, 6) is -0.113. The van der Waals surface area contributed by atoms with Gasteiger partial charge in [-0.25, -0.2) is 4.79 Å². The Kier molecular flexibility index (Phi) is 3.38. The van der Waals surface area contributed by atoms with E-state index in [1.165, 1.54) is 6.20 Å². The zero-order valence-electron chi connectivity index (χ0n) is 9.33. The molecule has 0 spiro atoms. The van der Waals surface area contributed by atoms with Gasteiger partial charge < -0.3 is 0 Å². The van der Waals surface area contributed by atoms with Crippen LogP contribution < -0.4 is 11.2 Å². The van der Waals surface area contributed by atoms with Gasteiger partial charge in [0.2, 0.25) is 0 Å². The molecule has 1 rings (SSSR count). The molecule has 16 heavy (non-hydrogen) atoms. The zero-order chi connectivity index (χ0) is 12.5. The van der Waals surface area contributed by atoms with Crippen LogP contribution in [0.2, 0.25) is 5.02 Å². The Labute approximate surface area is 97.1 Å². The van der Waals surface area contributed by atoms with Crippen LogP contribution in [0.25, 0.3) is 0 Å². The van der Waals surface area contributed by atoms with Crippen LogP contribution in [0.5, 0.6) is 0 Å². The van der Waals surface area contributed by atoms with Gasteiger partial charge in [0.05, 0.1) is 6.54 Å². The number of ketones is 1. The van der Waals surface area contributed by atoms with Crippen molar-refractivity contribution in [2.45, 2.75) is 27.3 Å². The van der Waals surface area contributed by atoms with Crippen LogP contribution in [0.15, 0.2) is 15.8 Å². The lowest BCUT2D eigenvalue weighted by molar-refractivity contribution is -0.126. The van der Waals surface area contributed by atoms with E-state index >= 15 is 0 Å². The maximum Gasteiger partial charge on any atom is 0.328 e. The number of H-pyrrole nitrogens is 1. The molecule has 0 aliphatic carbocycles. The lowest BCUT2D eigenvalue weighted by Gasteiger charge is -2.16. The van der Waals surface area contributed by atoms with Crippen molar-refractivity contribution in [1.29, 1.82) is 0 Å². The third-order valence-electron chi connectivity index (χ3n) is 2.12. The number of Topliss-reactive ketones (excluding diaryl/α,β-unsaturated/α-hetero) is 1. The highest BCUT2D eigenvalue weighted by molar-refractivity contribution is 6.30. The summed E-state index contributed by atoms with van der Waals surface area (Å²) < 4.78 is 1.09. The van der Waals surface area contributed by atoms with E-state index < -0.39 is 16.7 Å². The van der Waals surface area contributed by atoms with Gasteiger partial charge >= 0.3 is 5.69 Å². The van der Waals surface area contributed by atoms with E-state index in [1.54, 1.807) is 20.8 Å². The van der Waals surface area contributed by atoms with Gasteiger partial charge in [0.1, 0.15) is 5.02 Å². The number of rotatable bonds is 2. The minimum atomic E-state index is -0.647. The second-order valence-electron chi connectivity index (χ2n) is 4.54. The standard InChI is InChI=1S/C10H13ClN2O3/c1-10(2,3)7(14)5-13-4-6(11)8(15)12-9(13)16/h4H,5H2,1-3H3,(H,12,15,16). The number of halogens is 1. The number of hydrogen-bond donors (Lipinski definition) is 1. The lowest BCUT2D eigenvalue weighted by Crippen LogP contribution is -2.34. The maximum atomic E-state index is 11.7. The number of aromatic nitrogens is 2. The first kappa shape index (κ1) is 12.7. The van der Waals surface area contributed by atoms with Crippen molar-refractivity contribution in [2.75, 3.05) is 0 Å². The lowest BCUT2D eigenvalue weighted by atomic mass is 9.91. The number of carbonyl (C=O) groups is 1. The molecule has 0 unspecified atom stereocenters. The number of aromatic amines is 1. The molecule has 0 saturated heterocycles. The SMILES string of the molecule is CC(C)(C)C(=O)Cn1cc(Cl)c(=O)[nH]c1=O. The van der Waals surface area contributed by atoms with E-state index in [0.29, 0.717) is 0 Å². The third-order valence-corrected chi connectivity index (χ3v) is 2.39. The average Bonchev–Trinajstić information content (AvgIpc) is 2.12. The molecule has 0 saturated carbocycles. The predicted molar refractivity (Wildman–Crippen MR) is 60.8 cm³/mol. The zero-order valence-corrected chi connectivity index (χ0v) is 10.1. The summed E-state index contributed by atoms with van der Waals surface area (Å²) in [6.07, 6.45) is 1.17. The highest BCUT2D eigenvalue weighted by Crippen LogP contribution is 2.15. The number of carbonyl (C=O) groups excluding carboxylic acids is 1. The van der Waals surface area contributed by atoms with Gasteiger partial charge in [-0.3, -0.25) is 19.1 Å². The second kappa shape index (κ2) is 4.25. The molecule has 0 aliphatic heterocycles. The van der Waals surface area contributed by atoms with Gasteiger partial charge in [-0.15, -0.1) is 0 Å². The number of nitrogens with zero attached hydrogens (tertiary/aromatic N) is 1. The van der Waals surface area contributed by atoms with Gasteiger partial charge in [-0.2, -0.15) is 0 Å². The van der Waals surface area contributed by atoms with Crippen molar-refractivity contribution in [3.63, 3.8) is 0 Å². The Balaban J connectivity index is 3.09. The minimum Gasteiger partial charge on any atom is -0.297 e. The Hall–Kier alpha value is -1.36. The predicted octanol–water partition coefficient (Wildman–Crippen LogP) is 0.805. The third kappa shape index (κ3) is 2.82. The maximum absolute atomic E-state index is 11.7. The molecule has 0 radical (unpaired) electrons. The first-order valence-corrected chi connectivity index (χ1v) is 5.12. The molecule has 0 fully saturated rings. The summed E-state index contributed by atoms with van der Waals surface area (Å²) in [5, 5.41) is -0.110. The van der Waals surface area contributed by atoms with E-state index in [1.807, 2.05) is 4.98 Å². The quantitative estimate of drug-likeness (QED) is 0.837. The molecule has 0 bridgehead atoms. The molecule has 88 valence electrons. The van der Waals surface area contributed by atoms with E-state index in [0.717, 1.165) is 4.57 Å². The molecule has 0 aliphatic rings. The molecule has 0 aromatic carbocycles. The fourth-order valence-electron chi connectivity index (χ4n) is 0.992. The smallest absolute Gasteiger partial charge is 0.297 e. The van der Waals surface area contributed by atoms with E-state index in [9.17, 15) is 14.4 Å². The van der Waals surface area contributed by atoms with Crippen LogP contribution in [0, 0.1) is 5.41 Å². The van der Waals surface area contributed by atoms with Crippen LogP contribution in [0.1, 0.15) is 20.8 Å². The van der Waals surface area contributed by atoms with Crippen LogP contribution in [-0.2, 0) is 11.3 Å². The Bertz CT molecular complexity index is 522. The van der Waals surface area contributed by atoms with Gasteiger partial charge in [0, 0.05) is 11.6 Å². The van der Waals surface area contributed by atoms with Crippen molar-refractivity contribution < 1.29 is 4.79 Å². The Morgan fingerprint density at radius 3 is 2.50 bits per heavy atom. The van der Waals surface area contributed by atoms with Crippen molar-refractivity contribution in [3.8, 4) is 0 Å². The minimum absolute atomic E-state index is 0.0984. The fourth-order valence-corrected chi connectivity index (χ4v) is 1.16. The monoisotopic (exact) mass is 244 g/mol. The molecule has 1 aromatic rings. The molecule has 0 atom stereocenters. The first-order valence-electron chi connectivity index (χ1n) is 4.74. The summed E-state index contributed by atoms with van der Waals surface area (Å²) in [7, 11) is 0. The van der Waals surface area contributed by atoms with E-state index in [4.69, 9.17) is 11.6 Å². The first-order chi connectivity index (χ1) is 7.21. The second-order valence-corrected chi connectivity index (χ2v) is 4.94. The van der Waals surface area contributed by atoms with Crippen LogP contribution in [0.4, 0.5) is 0 Å². The largest absolute Gasteiger partial charge is 0.328 e. The van der Waals surface area contributed by atoms with Crippen molar-refractivity contribution in [2.24, 2.45) is 5.41 Å². The summed E-state index contributed by atoms with van der Waals surface area (Å²) in [6, 6.07) is 0. The highest BCUT2D eigenvalue weighted by atomic mass is 35.5. The normalized spacial score (nSPS) is 11.5. The van der Waals surface area contributed by atoms with Crippen LogP contribution in [-0.4, -0.2) is 15.3 Å². The van der Waals surface area contributed by atoms with Gasteiger partial charge in [0.15, 0.2) is 5.78 Å². The molecule has 1 heterocycles. The highest BCUT2D eigenvalue weighted by Gasteiger charge is 2.21. The van der Waals surface area contributed by atoms with E-state index in [-0.39, 0.29) is 17.4 Å². The molecule has 6 heteroatoms. The van der Waals surface area contributed by atoms with Gasteiger partial charge in [0.25, 0.3) is 5.56 Å².